The largest absolute Gasteiger partial charge is 0.462 e. The molecule has 0 saturated heterocycles. The van der Waals surface area contributed by atoms with Crippen LogP contribution in [-0.4, -0.2) is 66.5 Å². The fraction of sp³-hybridized carbons (Fsp3) is 0.917. The first-order chi connectivity index (χ1) is 16.8. The van der Waals surface area contributed by atoms with Crippen molar-refractivity contribution in [2.75, 3.05) is 0 Å². The molecule has 0 aliphatic rings. The van der Waals surface area contributed by atoms with E-state index in [4.69, 9.17) is 0 Å². The maximum atomic E-state index is 13.9. The van der Waals surface area contributed by atoms with Crippen LogP contribution in [0, 0.1) is 6.43 Å². The van der Waals surface area contributed by atoms with Gasteiger partial charge in [-0.25, -0.2) is 0 Å². The molecule has 0 heterocycles. The van der Waals surface area contributed by atoms with Gasteiger partial charge in [0.2, 0.25) is 0 Å². The highest BCUT2D eigenvalue weighted by molar-refractivity contribution is 4.99. The monoisotopic (exact) mass is 667 g/mol. The molecule has 0 N–H and O–H groups in total. The molecule has 0 fully saturated rings. The summed E-state index contributed by atoms with van der Waals surface area (Å²) in [4.78, 5) is 0. The molecule has 3 nitrogen and oxygen atoms in total. The lowest BCUT2D eigenvalue weighted by Gasteiger charge is -2.42. The Morgan fingerprint density at radius 2 is 0.600 bits per heavy atom. The molecule has 241 valence electrons. The minimum Gasteiger partial charge on any atom is -0.265 e. The summed E-state index contributed by atoms with van der Waals surface area (Å²) in [6, 6.07) is 0. The van der Waals surface area contributed by atoms with Crippen molar-refractivity contribution < 1.29 is 124 Å². The Hall–Kier alpha value is -1.87. The summed E-state index contributed by atoms with van der Waals surface area (Å²) in [7, 11) is 0. The van der Waals surface area contributed by atoms with Crippen LogP contribution in [0.25, 0.3) is 0 Å². The first kappa shape index (κ1) is 38.1. The fourth-order valence-electron chi connectivity index (χ4n) is 1.66. The van der Waals surface area contributed by atoms with Crippen molar-refractivity contribution in [3.8, 4) is 0 Å². The van der Waals surface area contributed by atoms with E-state index in [9.17, 15) is 110 Å². The van der Waals surface area contributed by atoms with Crippen molar-refractivity contribution in [2.24, 2.45) is 0 Å². The van der Waals surface area contributed by atoms with Crippen molar-refractivity contribution in [1.29, 1.82) is 0 Å². The highest BCUT2D eigenvalue weighted by Gasteiger charge is 2.88. The van der Waals surface area contributed by atoms with Gasteiger partial charge >= 0.3 is 72.9 Å². The van der Waals surface area contributed by atoms with Gasteiger partial charge in [-0.1, -0.05) is 0 Å². The van der Waals surface area contributed by atoms with Crippen LogP contribution in [0.3, 0.4) is 0 Å². The van der Waals surface area contributed by atoms with E-state index in [-0.39, 0.29) is 0 Å². The molecule has 3 unspecified atom stereocenters. The van der Waals surface area contributed by atoms with Gasteiger partial charge in [0.15, 0.2) is 0 Å². The molecule has 0 spiro atoms. The van der Waals surface area contributed by atoms with Gasteiger partial charge in [0, 0.05) is 0 Å². The molecule has 0 aliphatic heterocycles. The summed E-state index contributed by atoms with van der Waals surface area (Å²) in [6.07, 6.45) is -63.6. The Morgan fingerprint density at radius 1 is 0.325 bits per heavy atom. The molecular weight excluding hydrogens is 667 g/mol. The van der Waals surface area contributed by atoms with Gasteiger partial charge in [0.05, 0.1) is 0 Å². The quantitative estimate of drug-likeness (QED) is 0.221. The van der Waals surface area contributed by atoms with E-state index in [0.29, 0.717) is 0 Å². The van der Waals surface area contributed by atoms with Crippen LogP contribution < -0.4 is 0 Å². The minimum absolute atomic E-state index is 0.943. The lowest BCUT2D eigenvalue weighted by molar-refractivity contribution is -0.579. The zero-order chi connectivity index (χ0) is 33.2. The average Bonchev–Trinajstić information content (AvgIpc) is 2.62. The van der Waals surface area contributed by atoms with Crippen molar-refractivity contribution >= 4 is 0 Å². The highest BCUT2D eigenvalue weighted by atomic mass is 19.4. The van der Waals surface area contributed by atoms with Crippen LogP contribution >= 0.6 is 0 Å². The molecule has 0 rings (SSSR count). The maximum absolute atomic E-state index is 13.9. The predicted molar refractivity (Wildman–Crippen MR) is 64.2 cm³/mol. The van der Waals surface area contributed by atoms with E-state index < -0.39 is 72.9 Å². The Bertz CT molecular complexity index is 881. The standard InChI is InChI=1S/C12F25O3/c13-1(14)2(15,6(20,21)22)38-11(34,35)4(18,8(26,27)28)40-12(36,37)5(19,9(29,30)31)39-10(32,33)3(16,17)7(23,24)25. The van der Waals surface area contributed by atoms with Gasteiger partial charge in [-0.15, -0.1) is 0 Å². The van der Waals surface area contributed by atoms with Crippen LogP contribution in [-0.2, 0) is 14.2 Å². The topological polar surface area (TPSA) is 27.7 Å². The van der Waals surface area contributed by atoms with Crippen molar-refractivity contribution in [3.05, 3.63) is 6.43 Å². The van der Waals surface area contributed by atoms with E-state index in [1.165, 1.54) is 0 Å². The average molecular weight is 667 g/mol. The van der Waals surface area contributed by atoms with Crippen LogP contribution in [0.5, 0.6) is 0 Å². The van der Waals surface area contributed by atoms with Gasteiger partial charge in [0.1, 0.15) is 0 Å². The van der Waals surface area contributed by atoms with E-state index in [1.54, 1.807) is 0 Å². The summed E-state index contributed by atoms with van der Waals surface area (Å²) >= 11 is 0. The number of ether oxygens (including phenoxy) is 3. The summed E-state index contributed by atoms with van der Waals surface area (Å²) in [5.74, 6) is -33.4. The number of hydrogen-bond donors (Lipinski definition) is 0. The second kappa shape index (κ2) is 9.85. The van der Waals surface area contributed by atoms with Gasteiger partial charge in [-0.05, 0) is 0 Å². The first-order valence-electron chi connectivity index (χ1n) is 7.95. The highest BCUT2D eigenvalue weighted by Crippen LogP contribution is 2.59. The minimum atomic E-state index is -8.82. The third-order valence-corrected chi connectivity index (χ3v) is 3.61. The SMILES string of the molecule is F[C](F)C(F)(OC(F)(F)C(F)(OC(F)(F)C(F)(OC(F)(F)C(F)(F)C(F)(F)F)C(F)(F)F)C(F)(F)F)C(F)(F)F. The third kappa shape index (κ3) is 6.15. The van der Waals surface area contributed by atoms with Gasteiger partial charge in [0.25, 0.3) is 0 Å². The lowest BCUT2D eigenvalue weighted by Crippen LogP contribution is -2.70. The Labute approximate surface area is 198 Å². The first-order valence-corrected chi connectivity index (χ1v) is 7.95. The van der Waals surface area contributed by atoms with Crippen molar-refractivity contribution in [1.82, 2.24) is 0 Å². The summed E-state index contributed by atoms with van der Waals surface area (Å²) < 4.78 is 323. The molecular formula is C12F25O3. The molecule has 0 saturated carbocycles. The molecule has 0 aromatic carbocycles. The van der Waals surface area contributed by atoms with E-state index in [1.807, 2.05) is 0 Å². The van der Waals surface area contributed by atoms with Crippen LogP contribution in [0.2, 0.25) is 0 Å². The van der Waals surface area contributed by atoms with E-state index in [2.05, 4.69) is 0 Å². The van der Waals surface area contributed by atoms with Crippen LogP contribution in [0.4, 0.5) is 110 Å². The van der Waals surface area contributed by atoms with Crippen LogP contribution in [0.15, 0.2) is 0 Å². The molecule has 40 heavy (non-hydrogen) atoms. The fourth-order valence-corrected chi connectivity index (χ4v) is 1.66. The predicted octanol–water partition coefficient (Wildman–Crippen LogP) is 8.12. The third-order valence-electron chi connectivity index (χ3n) is 3.61. The normalized spacial score (nSPS) is 20.2. The molecule has 0 aromatic heterocycles. The molecule has 0 bridgehead atoms. The molecule has 1 radical (unpaired) electrons. The Kier molecular flexibility index (Phi) is 9.39. The smallest absolute Gasteiger partial charge is 0.265 e. The molecule has 0 amide bonds. The lowest BCUT2D eigenvalue weighted by atomic mass is 10.2. The second-order valence-electron chi connectivity index (χ2n) is 6.47. The molecule has 3 atom stereocenters. The summed E-state index contributed by atoms with van der Waals surface area (Å²) in [6.45, 7) is 0. The van der Waals surface area contributed by atoms with Crippen molar-refractivity contribution in [2.45, 2.75) is 66.5 Å². The van der Waals surface area contributed by atoms with Gasteiger partial charge < -0.3 is 0 Å². The number of rotatable bonds is 10. The van der Waals surface area contributed by atoms with Gasteiger partial charge in [-0.3, -0.25) is 14.2 Å². The zero-order valence-corrected chi connectivity index (χ0v) is 16.7. The zero-order valence-electron chi connectivity index (χ0n) is 16.7. The Balaban J connectivity index is 7.22. The Morgan fingerprint density at radius 3 is 0.825 bits per heavy atom. The molecule has 0 aromatic rings. The van der Waals surface area contributed by atoms with Crippen LogP contribution in [0.1, 0.15) is 0 Å². The summed E-state index contributed by atoms with van der Waals surface area (Å²) in [5.41, 5.74) is 0. The molecule has 0 aliphatic carbocycles. The van der Waals surface area contributed by atoms with Gasteiger partial charge in [-0.2, -0.15) is 110 Å². The van der Waals surface area contributed by atoms with E-state index >= 15 is 0 Å². The summed E-state index contributed by atoms with van der Waals surface area (Å²) in [5, 5.41) is 0. The number of alkyl halides is 23. The van der Waals surface area contributed by atoms with Crippen molar-refractivity contribution in [3.63, 3.8) is 0 Å². The maximum Gasteiger partial charge on any atom is 0.462 e. The van der Waals surface area contributed by atoms with E-state index in [0.717, 1.165) is 14.2 Å². The number of halogens is 25. The molecule has 28 heteroatoms. The number of hydrogen-bond acceptors (Lipinski definition) is 3. The second-order valence-corrected chi connectivity index (χ2v) is 6.47.